The van der Waals surface area contributed by atoms with Gasteiger partial charge in [-0.05, 0) is 36.4 Å². The maximum absolute atomic E-state index is 13.1. The third-order valence-electron chi connectivity index (χ3n) is 4.92. The van der Waals surface area contributed by atoms with Gasteiger partial charge in [-0.3, -0.25) is 4.79 Å². The number of hydrogen-bond donors (Lipinski definition) is 0. The Labute approximate surface area is 142 Å². The molecule has 0 bridgehead atoms. The summed E-state index contributed by atoms with van der Waals surface area (Å²) < 4.78 is 0. The van der Waals surface area contributed by atoms with Crippen molar-refractivity contribution in [1.29, 1.82) is 0 Å². The number of hydrogen-bond acceptors (Lipinski definition) is 1. The summed E-state index contributed by atoms with van der Waals surface area (Å²) in [4.78, 5) is 15.0. The van der Waals surface area contributed by atoms with Crippen molar-refractivity contribution in [2.45, 2.75) is 32.2 Å². The van der Waals surface area contributed by atoms with Gasteiger partial charge in [-0.2, -0.15) is 0 Å². The molecule has 0 saturated heterocycles. The maximum atomic E-state index is 13.1. The van der Waals surface area contributed by atoms with Crippen LogP contribution in [-0.4, -0.2) is 11.9 Å². The molecule has 0 saturated carbocycles. The molecule has 4 rings (SSSR count). The first-order chi connectivity index (χ1) is 11.7. The summed E-state index contributed by atoms with van der Waals surface area (Å²) in [6.07, 6.45) is 0.510. The number of carbonyl (C=O) groups excluding carboxylic acids is 1. The van der Waals surface area contributed by atoms with Crippen molar-refractivity contribution in [2.75, 3.05) is 4.90 Å². The van der Waals surface area contributed by atoms with Crippen LogP contribution >= 0.6 is 0 Å². The monoisotopic (exact) mass is 315 g/mol. The van der Waals surface area contributed by atoms with Crippen LogP contribution in [0, 0.1) is 0 Å². The van der Waals surface area contributed by atoms with E-state index in [0.717, 1.165) is 5.69 Å². The second kappa shape index (κ2) is 5.79. The summed E-state index contributed by atoms with van der Waals surface area (Å²) in [6, 6.07) is 23.2. The van der Waals surface area contributed by atoms with Crippen LogP contribution in [0.2, 0.25) is 0 Å². The van der Waals surface area contributed by atoms with Crippen LogP contribution in [0.15, 0.2) is 66.7 Å². The molecular formula is C22H21NO. The third-order valence-corrected chi connectivity index (χ3v) is 4.92. The lowest BCUT2D eigenvalue weighted by atomic mass is 9.86. The molecular weight excluding hydrogens is 294 g/mol. The summed E-state index contributed by atoms with van der Waals surface area (Å²) >= 11 is 0. The molecule has 1 aliphatic heterocycles. The van der Waals surface area contributed by atoms with Crippen molar-refractivity contribution in [3.8, 4) is 0 Å². The molecule has 0 radical (unpaired) electrons. The summed E-state index contributed by atoms with van der Waals surface area (Å²) in [5.74, 6) is 0.301. The minimum atomic E-state index is 0.104. The highest BCUT2D eigenvalue weighted by Gasteiger charge is 2.31. The zero-order valence-corrected chi connectivity index (χ0v) is 14.1. The second-order valence-electron chi connectivity index (χ2n) is 6.75. The number of nitrogens with zero attached hydrogens (tertiary/aromatic N) is 1. The molecule has 1 amide bonds. The van der Waals surface area contributed by atoms with Crippen molar-refractivity contribution in [1.82, 2.24) is 0 Å². The Hall–Kier alpha value is -2.61. The predicted molar refractivity (Wildman–Crippen MR) is 99.5 cm³/mol. The van der Waals surface area contributed by atoms with Gasteiger partial charge in [-0.1, -0.05) is 60.7 Å². The van der Waals surface area contributed by atoms with Gasteiger partial charge in [0.05, 0.1) is 5.69 Å². The average molecular weight is 315 g/mol. The maximum Gasteiger partial charge on any atom is 0.228 e. The Balaban J connectivity index is 2.03. The minimum absolute atomic E-state index is 0.104. The van der Waals surface area contributed by atoms with Crippen LogP contribution in [0.1, 0.15) is 37.3 Å². The number of carbonyl (C=O) groups is 1. The molecule has 0 aliphatic carbocycles. The van der Waals surface area contributed by atoms with Gasteiger partial charge in [0.25, 0.3) is 0 Å². The summed E-state index contributed by atoms with van der Waals surface area (Å²) in [6.45, 7) is 4.17. The molecule has 3 aromatic rings. The van der Waals surface area contributed by atoms with Gasteiger partial charge in [0.1, 0.15) is 0 Å². The van der Waals surface area contributed by atoms with Crippen molar-refractivity contribution in [3.05, 3.63) is 77.9 Å². The van der Waals surface area contributed by atoms with E-state index in [2.05, 4.69) is 68.4 Å². The molecule has 2 nitrogen and oxygen atoms in total. The van der Waals surface area contributed by atoms with Crippen molar-refractivity contribution >= 4 is 22.4 Å². The van der Waals surface area contributed by atoms with Gasteiger partial charge in [0.15, 0.2) is 0 Å². The molecule has 1 aliphatic rings. The highest BCUT2D eigenvalue weighted by atomic mass is 16.2. The van der Waals surface area contributed by atoms with E-state index in [4.69, 9.17) is 0 Å². The van der Waals surface area contributed by atoms with Gasteiger partial charge in [-0.15, -0.1) is 0 Å². The zero-order valence-electron chi connectivity index (χ0n) is 14.1. The largest absolute Gasteiger partial charge is 0.309 e. The lowest BCUT2D eigenvalue weighted by molar-refractivity contribution is -0.119. The number of benzene rings is 3. The fourth-order valence-electron chi connectivity index (χ4n) is 3.91. The van der Waals surface area contributed by atoms with E-state index in [-0.39, 0.29) is 17.9 Å². The van der Waals surface area contributed by atoms with Gasteiger partial charge >= 0.3 is 0 Å². The SMILES string of the molecule is CC(C)N1C(=O)CC(c2ccccc2)c2cccc3cccc1c23. The Morgan fingerprint density at radius 1 is 0.917 bits per heavy atom. The van der Waals surface area contributed by atoms with Crippen molar-refractivity contribution in [2.24, 2.45) is 0 Å². The number of rotatable bonds is 2. The smallest absolute Gasteiger partial charge is 0.228 e. The van der Waals surface area contributed by atoms with Crippen LogP contribution in [-0.2, 0) is 4.79 Å². The van der Waals surface area contributed by atoms with E-state index in [1.165, 1.54) is 21.9 Å². The quantitative estimate of drug-likeness (QED) is 0.643. The molecule has 1 unspecified atom stereocenters. The molecule has 24 heavy (non-hydrogen) atoms. The van der Waals surface area contributed by atoms with E-state index in [1.807, 2.05) is 17.0 Å². The van der Waals surface area contributed by atoms with Gasteiger partial charge < -0.3 is 4.90 Å². The number of amides is 1. The Kier molecular flexibility index (Phi) is 3.61. The fourth-order valence-corrected chi connectivity index (χ4v) is 3.91. The lowest BCUT2D eigenvalue weighted by Gasteiger charge is -2.27. The van der Waals surface area contributed by atoms with E-state index >= 15 is 0 Å². The summed E-state index contributed by atoms with van der Waals surface area (Å²) in [5, 5.41) is 2.42. The normalized spacial score (nSPS) is 17.4. The van der Waals surface area contributed by atoms with Crippen LogP contribution in [0.4, 0.5) is 5.69 Å². The highest BCUT2D eigenvalue weighted by molar-refractivity contribution is 6.08. The minimum Gasteiger partial charge on any atom is -0.309 e. The predicted octanol–water partition coefficient (Wildman–Crippen LogP) is 5.12. The van der Waals surface area contributed by atoms with Crippen LogP contribution < -0.4 is 4.90 Å². The standard InChI is InChI=1S/C22H21NO/c1-15(2)23-20-13-7-11-17-10-6-12-18(22(17)20)19(14-21(23)24)16-8-4-3-5-9-16/h3-13,15,19H,14H2,1-2H3. The van der Waals surface area contributed by atoms with E-state index in [9.17, 15) is 4.79 Å². The molecule has 0 fully saturated rings. The Morgan fingerprint density at radius 2 is 1.62 bits per heavy atom. The van der Waals surface area contributed by atoms with Crippen molar-refractivity contribution < 1.29 is 4.79 Å². The zero-order chi connectivity index (χ0) is 16.7. The fraction of sp³-hybridized carbons (Fsp3) is 0.227. The Morgan fingerprint density at radius 3 is 2.33 bits per heavy atom. The van der Waals surface area contributed by atoms with E-state index < -0.39 is 0 Å². The first-order valence-corrected chi connectivity index (χ1v) is 8.55. The molecule has 1 heterocycles. The van der Waals surface area contributed by atoms with Crippen LogP contribution in [0.3, 0.4) is 0 Å². The van der Waals surface area contributed by atoms with E-state index in [0.29, 0.717) is 6.42 Å². The first-order valence-electron chi connectivity index (χ1n) is 8.55. The Bertz CT molecular complexity index is 893. The van der Waals surface area contributed by atoms with Gasteiger partial charge in [-0.25, -0.2) is 0 Å². The lowest BCUT2D eigenvalue weighted by Crippen LogP contribution is -2.36. The molecule has 1 atom stereocenters. The van der Waals surface area contributed by atoms with Gasteiger partial charge in [0, 0.05) is 23.8 Å². The van der Waals surface area contributed by atoms with Gasteiger partial charge in [0.2, 0.25) is 5.91 Å². The van der Waals surface area contributed by atoms with E-state index in [1.54, 1.807) is 0 Å². The highest BCUT2D eigenvalue weighted by Crippen LogP contribution is 2.42. The van der Waals surface area contributed by atoms with Crippen LogP contribution in [0.25, 0.3) is 10.8 Å². The molecule has 3 aromatic carbocycles. The average Bonchev–Trinajstić information content (AvgIpc) is 2.72. The first kappa shape index (κ1) is 14.9. The molecule has 120 valence electrons. The molecule has 0 spiro atoms. The molecule has 0 aromatic heterocycles. The summed E-state index contributed by atoms with van der Waals surface area (Å²) in [7, 11) is 0. The molecule has 0 N–H and O–H groups in total. The number of anilines is 1. The van der Waals surface area contributed by atoms with Crippen LogP contribution in [0.5, 0.6) is 0 Å². The summed E-state index contributed by atoms with van der Waals surface area (Å²) in [5.41, 5.74) is 3.51. The molecule has 2 heteroatoms. The van der Waals surface area contributed by atoms with Crippen molar-refractivity contribution in [3.63, 3.8) is 0 Å². The third kappa shape index (κ3) is 2.30. The topological polar surface area (TPSA) is 20.3 Å². The second-order valence-corrected chi connectivity index (χ2v) is 6.75.